The van der Waals surface area contributed by atoms with Crippen LogP contribution in [0.2, 0.25) is 10.0 Å². The van der Waals surface area contributed by atoms with E-state index >= 15 is 0 Å². The Hall–Kier alpha value is -2.36. The summed E-state index contributed by atoms with van der Waals surface area (Å²) in [6.07, 6.45) is 4.45. The Morgan fingerprint density at radius 1 is 0.900 bits per heavy atom. The minimum atomic E-state index is -0.119. The van der Waals surface area contributed by atoms with Crippen molar-refractivity contribution in [2.24, 2.45) is 5.92 Å². The van der Waals surface area contributed by atoms with Gasteiger partial charge in [-0.3, -0.25) is 4.79 Å². The molecule has 3 aromatic rings. The number of rotatable bonds is 4. The molecule has 154 valence electrons. The molecule has 0 bridgehead atoms. The molecule has 2 atom stereocenters. The third-order valence-electron chi connectivity index (χ3n) is 5.67. The van der Waals surface area contributed by atoms with Gasteiger partial charge in [-0.2, -0.15) is 0 Å². The van der Waals surface area contributed by atoms with Gasteiger partial charge in [0.1, 0.15) is 5.69 Å². The quantitative estimate of drug-likeness (QED) is 0.474. The number of hydrogen-bond donors (Lipinski definition) is 1. The largest absolute Gasteiger partial charge is 0.348 e. The van der Waals surface area contributed by atoms with Crippen LogP contribution in [0.4, 0.5) is 0 Å². The average molecular weight is 439 g/mol. The molecule has 0 aliphatic heterocycles. The van der Waals surface area contributed by atoms with Crippen LogP contribution in [0.15, 0.2) is 60.7 Å². The van der Waals surface area contributed by atoms with E-state index in [0.29, 0.717) is 21.7 Å². The molecule has 1 fully saturated rings. The summed E-state index contributed by atoms with van der Waals surface area (Å²) in [5, 5.41) is 4.52. The number of amides is 1. The Morgan fingerprint density at radius 3 is 2.17 bits per heavy atom. The summed E-state index contributed by atoms with van der Waals surface area (Å²) < 4.78 is 0. The molecule has 2 unspecified atom stereocenters. The van der Waals surface area contributed by atoms with Gasteiger partial charge in [0.15, 0.2) is 0 Å². The molecule has 3 nitrogen and oxygen atoms in total. The maximum Gasteiger partial charge on any atom is 0.270 e. The number of hydrogen-bond acceptors (Lipinski definition) is 2. The van der Waals surface area contributed by atoms with Crippen LogP contribution in [0.25, 0.3) is 22.4 Å². The van der Waals surface area contributed by atoms with Gasteiger partial charge in [0.05, 0.1) is 5.69 Å². The Bertz CT molecular complexity index is 1030. The summed E-state index contributed by atoms with van der Waals surface area (Å²) in [6.45, 7) is 2.25. The first-order valence-electron chi connectivity index (χ1n) is 10.3. The van der Waals surface area contributed by atoms with E-state index in [0.717, 1.165) is 41.6 Å². The molecule has 0 saturated heterocycles. The standard InChI is InChI=1S/C25H24Cl2N2O/c1-16-3-2-4-21(15-16)28-25(30)23-14-13-22(17-5-9-19(26)10-6-17)24(29-23)18-7-11-20(27)12-8-18/h5-14,16,21H,2-4,15H2,1H3,(H,28,30). The molecular weight excluding hydrogens is 415 g/mol. The molecule has 2 aromatic carbocycles. The smallest absolute Gasteiger partial charge is 0.270 e. The first-order valence-corrected chi connectivity index (χ1v) is 11.1. The van der Waals surface area contributed by atoms with Crippen LogP contribution in [-0.4, -0.2) is 16.9 Å². The summed E-state index contributed by atoms with van der Waals surface area (Å²) in [5.74, 6) is 0.529. The summed E-state index contributed by atoms with van der Waals surface area (Å²) in [7, 11) is 0. The van der Waals surface area contributed by atoms with Crippen molar-refractivity contribution >= 4 is 29.1 Å². The van der Waals surface area contributed by atoms with Crippen LogP contribution in [-0.2, 0) is 0 Å². The summed E-state index contributed by atoms with van der Waals surface area (Å²) >= 11 is 12.1. The third-order valence-corrected chi connectivity index (χ3v) is 6.18. The van der Waals surface area contributed by atoms with Gasteiger partial charge in [-0.15, -0.1) is 0 Å². The van der Waals surface area contributed by atoms with Crippen LogP contribution in [0.3, 0.4) is 0 Å². The maximum atomic E-state index is 12.9. The highest BCUT2D eigenvalue weighted by Gasteiger charge is 2.22. The second-order valence-electron chi connectivity index (χ2n) is 8.05. The number of aromatic nitrogens is 1. The second kappa shape index (κ2) is 9.20. The number of benzene rings is 2. The zero-order valence-corrected chi connectivity index (χ0v) is 18.4. The van der Waals surface area contributed by atoms with Crippen molar-refractivity contribution < 1.29 is 4.79 Å². The average Bonchev–Trinajstić information content (AvgIpc) is 2.74. The Morgan fingerprint density at radius 2 is 1.53 bits per heavy atom. The van der Waals surface area contributed by atoms with Crippen molar-refractivity contribution in [1.82, 2.24) is 10.3 Å². The molecule has 1 N–H and O–H groups in total. The topological polar surface area (TPSA) is 42.0 Å². The van der Waals surface area contributed by atoms with Crippen LogP contribution >= 0.6 is 23.2 Å². The first kappa shape index (κ1) is 20.9. The molecule has 30 heavy (non-hydrogen) atoms. The molecule has 1 aliphatic carbocycles. The van der Waals surface area contributed by atoms with E-state index in [-0.39, 0.29) is 11.9 Å². The maximum absolute atomic E-state index is 12.9. The van der Waals surface area contributed by atoms with Gasteiger partial charge in [-0.1, -0.05) is 67.2 Å². The zero-order chi connectivity index (χ0) is 21.1. The van der Waals surface area contributed by atoms with E-state index in [1.165, 1.54) is 6.42 Å². The van der Waals surface area contributed by atoms with E-state index < -0.39 is 0 Å². The normalized spacial score (nSPS) is 18.8. The van der Waals surface area contributed by atoms with Gasteiger partial charge in [0, 0.05) is 27.2 Å². The van der Waals surface area contributed by atoms with Crippen LogP contribution in [0.5, 0.6) is 0 Å². The fourth-order valence-corrected chi connectivity index (χ4v) is 4.35. The number of nitrogens with zero attached hydrogens (tertiary/aromatic N) is 1. The van der Waals surface area contributed by atoms with E-state index in [1.807, 2.05) is 54.6 Å². The van der Waals surface area contributed by atoms with Crippen molar-refractivity contribution in [1.29, 1.82) is 0 Å². The van der Waals surface area contributed by atoms with Crippen molar-refractivity contribution in [3.8, 4) is 22.4 Å². The minimum Gasteiger partial charge on any atom is -0.348 e. The molecule has 1 aromatic heterocycles. The first-order chi connectivity index (χ1) is 14.5. The van der Waals surface area contributed by atoms with Gasteiger partial charge in [0.25, 0.3) is 5.91 Å². The molecule has 5 heteroatoms. The minimum absolute atomic E-state index is 0.119. The highest BCUT2D eigenvalue weighted by Crippen LogP contribution is 2.32. The molecular formula is C25H24Cl2N2O. The van der Waals surface area contributed by atoms with Gasteiger partial charge in [-0.05, 0) is 60.7 Å². The summed E-state index contributed by atoms with van der Waals surface area (Å²) in [5.41, 5.74) is 4.02. The van der Waals surface area contributed by atoms with Gasteiger partial charge < -0.3 is 5.32 Å². The molecule has 0 spiro atoms. The highest BCUT2D eigenvalue weighted by atomic mass is 35.5. The van der Waals surface area contributed by atoms with Crippen LogP contribution < -0.4 is 5.32 Å². The lowest BCUT2D eigenvalue weighted by atomic mass is 9.87. The van der Waals surface area contributed by atoms with Gasteiger partial charge >= 0.3 is 0 Å². The van der Waals surface area contributed by atoms with Crippen molar-refractivity contribution in [3.63, 3.8) is 0 Å². The van der Waals surface area contributed by atoms with Gasteiger partial charge in [-0.25, -0.2) is 4.98 Å². The molecule has 1 aliphatic rings. The predicted molar refractivity (Wildman–Crippen MR) is 124 cm³/mol. The number of carbonyl (C=O) groups excluding carboxylic acids is 1. The van der Waals surface area contributed by atoms with E-state index in [9.17, 15) is 4.79 Å². The number of pyridine rings is 1. The number of nitrogens with one attached hydrogen (secondary N) is 1. The predicted octanol–water partition coefficient (Wildman–Crippen LogP) is 7.03. The zero-order valence-electron chi connectivity index (χ0n) is 16.9. The van der Waals surface area contributed by atoms with E-state index in [2.05, 4.69) is 12.2 Å². The van der Waals surface area contributed by atoms with Crippen LogP contribution in [0, 0.1) is 5.92 Å². The highest BCUT2D eigenvalue weighted by molar-refractivity contribution is 6.31. The lowest BCUT2D eigenvalue weighted by molar-refractivity contribution is 0.0916. The van der Waals surface area contributed by atoms with Gasteiger partial charge in [0.2, 0.25) is 0 Å². The Kier molecular flexibility index (Phi) is 6.40. The van der Waals surface area contributed by atoms with Crippen molar-refractivity contribution in [2.45, 2.75) is 38.6 Å². The second-order valence-corrected chi connectivity index (χ2v) is 8.92. The molecule has 1 heterocycles. The monoisotopic (exact) mass is 438 g/mol. The third kappa shape index (κ3) is 4.85. The molecule has 4 rings (SSSR count). The molecule has 0 radical (unpaired) electrons. The summed E-state index contributed by atoms with van der Waals surface area (Å²) in [6, 6.07) is 19.1. The van der Waals surface area contributed by atoms with E-state index in [1.54, 1.807) is 6.07 Å². The number of carbonyl (C=O) groups is 1. The lowest BCUT2D eigenvalue weighted by Gasteiger charge is -2.27. The Balaban J connectivity index is 1.69. The fourth-order valence-electron chi connectivity index (χ4n) is 4.10. The number of halogens is 2. The van der Waals surface area contributed by atoms with Crippen molar-refractivity contribution in [2.75, 3.05) is 0 Å². The Labute approximate surface area is 187 Å². The van der Waals surface area contributed by atoms with Crippen molar-refractivity contribution in [3.05, 3.63) is 76.4 Å². The van der Waals surface area contributed by atoms with E-state index in [4.69, 9.17) is 28.2 Å². The lowest BCUT2D eigenvalue weighted by Crippen LogP contribution is -2.38. The molecule has 1 saturated carbocycles. The fraction of sp³-hybridized carbons (Fsp3) is 0.280. The van der Waals surface area contributed by atoms with Crippen LogP contribution in [0.1, 0.15) is 43.1 Å². The summed E-state index contributed by atoms with van der Waals surface area (Å²) in [4.78, 5) is 17.7. The SMILES string of the molecule is CC1CCCC(NC(=O)c2ccc(-c3ccc(Cl)cc3)c(-c3ccc(Cl)cc3)n2)C1. The molecule has 1 amide bonds.